The van der Waals surface area contributed by atoms with E-state index in [4.69, 9.17) is 4.98 Å². The van der Waals surface area contributed by atoms with E-state index in [-0.39, 0.29) is 0 Å². The molecule has 5 nitrogen and oxygen atoms in total. The topological polar surface area (TPSA) is 57.5 Å². The summed E-state index contributed by atoms with van der Waals surface area (Å²) in [6.45, 7) is 2.12. The first kappa shape index (κ1) is 14.9. The average Bonchev–Trinajstić information content (AvgIpc) is 3.40. The van der Waals surface area contributed by atoms with Crippen LogP contribution in [0.5, 0.6) is 0 Å². The van der Waals surface area contributed by atoms with Crippen LogP contribution in [0.15, 0.2) is 42.6 Å². The highest BCUT2D eigenvalue weighted by Gasteiger charge is 2.28. The lowest BCUT2D eigenvalue weighted by Crippen LogP contribution is -2.33. The maximum atomic E-state index is 4.77. The van der Waals surface area contributed by atoms with Crippen molar-refractivity contribution in [3.63, 3.8) is 0 Å². The highest BCUT2D eigenvalue weighted by Crippen LogP contribution is 2.39. The van der Waals surface area contributed by atoms with E-state index in [2.05, 4.69) is 28.4 Å². The first-order chi connectivity index (χ1) is 11.7. The molecule has 122 valence electrons. The van der Waals surface area contributed by atoms with Crippen molar-refractivity contribution >= 4 is 11.6 Å². The first-order valence-electron chi connectivity index (χ1n) is 8.52. The molecule has 1 aliphatic carbocycles. The van der Waals surface area contributed by atoms with E-state index in [1.165, 1.54) is 18.5 Å². The number of hydrogen-bond donors (Lipinski definition) is 2. The minimum Gasteiger partial charge on any atom is -0.236 e. The summed E-state index contributed by atoms with van der Waals surface area (Å²) in [4.78, 5) is 9.29. The molecule has 1 aliphatic rings. The summed E-state index contributed by atoms with van der Waals surface area (Å²) in [5.74, 6) is 3.35. The Labute approximate surface area is 141 Å². The minimum absolute atomic E-state index is 0.697. The lowest BCUT2D eigenvalue weighted by molar-refractivity contribution is -0.713. The van der Waals surface area contributed by atoms with E-state index >= 15 is 0 Å². The number of aromatic amines is 1. The fourth-order valence-electron chi connectivity index (χ4n) is 2.88. The van der Waals surface area contributed by atoms with Crippen molar-refractivity contribution < 1.29 is 4.68 Å². The number of benzene rings is 1. The number of aromatic nitrogens is 4. The predicted molar refractivity (Wildman–Crippen MR) is 94.1 cm³/mol. The largest absolute Gasteiger partial charge is 0.301 e. The number of rotatable bonds is 5. The fraction of sp³-hybridized carbons (Fsp3) is 0.316. The molecule has 2 heterocycles. The van der Waals surface area contributed by atoms with Crippen LogP contribution in [0.3, 0.4) is 0 Å². The van der Waals surface area contributed by atoms with Crippen molar-refractivity contribution in [1.29, 1.82) is 0 Å². The Morgan fingerprint density at radius 1 is 1.25 bits per heavy atom. The molecule has 2 aromatic heterocycles. The molecule has 0 atom stereocenters. The lowest BCUT2D eigenvalue weighted by atomic mass is 10.2. The van der Waals surface area contributed by atoms with Crippen molar-refractivity contribution in [3.05, 3.63) is 53.9 Å². The molecule has 0 radical (unpaired) electrons. The average molecular weight is 320 g/mol. The third kappa shape index (κ3) is 2.89. The van der Waals surface area contributed by atoms with Gasteiger partial charge in [0.15, 0.2) is 5.82 Å². The van der Waals surface area contributed by atoms with Crippen LogP contribution in [0.25, 0.3) is 11.4 Å². The second kappa shape index (κ2) is 6.07. The van der Waals surface area contributed by atoms with E-state index < -0.39 is 0 Å². The van der Waals surface area contributed by atoms with Crippen LogP contribution in [0.4, 0.5) is 11.6 Å². The lowest BCUT2D eigenvalue weighted by Gasteiger charge is -2.06. The van der Waals surface area contributed by atoms with Gasteiger partial charge in [-0.3, -0.25) is 0 Å². The van der Waals surface area contributed by atoms with Crippen LogP contribution in [-0.4, -0.2) is 15.1 Å². The van der Waals surface area contributed by atoms with Crippen LogP contribution in [-0.2, 0) is 13.5 Å². The zero-order chi connectivity index (χ0) is 16.5. The summed E-state index contributed by atoms with van der Waals surface area (Å²) in [5.41, 5.74) is 3.44. The number of nitrogens with zero attached hydrogens (tertiary/aromatic N) is 3. The van der Waals surface area contributed by atoms with E-state index in [9.17, 15) is 0 Å². The van der Waals surface area contributed by atoms with Crippen LogP contribution in [0.2, 0.25) is 0 Å². The summed E-state index contributed by atoms with van der Waals surface area (Å²) in [6.07, 6.45) is 5.38. The van der Waals surface area contributed by atoms with Crippen molar-refractivity contribution in [2.24, 2.45) is 7.05 Å². The number of H-pyrrole nitrogens is 1. The molecule has 0 bridgehead atoms. The van der Waals surface area contributed by atoms with Crippen LogP contribution in [0, 0.1) is 0 Å². The number of aryl methyl sites for hydroxylation is 2. The van der Waals surface area contributed by atoms with Gasteiger partial charge in [0.2, 0.25) is 5.82 Å². The first-order valence-corrected chi connectivity index (χ1v) is 8.52. The monoisotopic (exact) mass is 320 g/mol. The maximum Gasteiger partial charge on any atom is 0.301 e. The summed E-state index contributed by atoms with van der Waals surface area (Å²) < 4.78 is 2.03. The second-order valence-electron chi connectivity index (χ2n) is 6.34. The Balaban J connectivity index is 1.68. The number of anilines is 2. The van der Waals surface area contributed by atoms with Gasteiger partial charge >= 0.3 is 5.82 Å². The van der Waals surface area contributed by atoms with Crippen molar-refractivity contribution in [2.75, 3.05) is 5.32 Å². The normalized spacial score (nSPS) is 13.9. The van der Waals surface area contributed by atoms with E-state index in [0.717, 1.165) is 35.0 Å². The van der Waals surface area contributed by atoms with Gasteiger partial charge in [0, 0.05) is 23.2 Å². The molecule has 24 heavy (non-hydrogen) atoms. The Morgan fingerprint density at radius 3 is 2.75 bits per heavy atom. The molecule has 0 amide bonds. The maximum absolute atomic E-state index is 4.77. The number of nitrogens with one attached hydrogen (secondary N) is 2. The van der Waals surface area contributed by atoms with Gasteiger partial charge in [-0.15, -0.1) is 0 Å². The fourth-order valence-corrected chi connectivity index (χ4v) is 2.88. The highest BCUT2D eigenvalue weighted by atomic mass is 15.3. The molecule has 4 rings (SSSR count). The number of hydrogen-bond acceptors (Lipinski definition) is 3. The van der Waals surface area contributed by atoms with Gasteiger partial charge in [-0.25, -0.2) is 15.4 Å². The molecule has 0 spiro atoms. The van der Waals surface area contributed by atoms with Gasteiger partial charge in [-0.1, -0.05) is 37.3 Å². The van der Waals surface area contributed by atoms with Crippen LogP contribution < -0.4 is 10.00 Å². The zero-order valence-electron chi connectivity index (χ0n) is 14.1. The van der Waals surface area contributed by atoms with E-state index in [0.29, 0.717) is 5.92 Å². The zero-order valence-corrected chi connectivity index (χ0v) is 14.1. The molecule has 1 saturated carbocycles. The van der Waals surface area contributed by atoms with Crippen LogP contribution in [0.1, 0.15) is 36.9 Å². The molecule has 1 fully saturated rings. The predicted octanol–water partition coefficient (Wildman–Crippen LogP) is 3.48. The molecular formula is C19H22N5+. The van der Waals surface area contributed by atoms with Gasteiger partial charge in [-0.2, -0.15) is 9.67 Å². The van der Waals surface area contributed by atoms with Crippen LogP contribution >= 0.6 is 0 Å². The molecule has 0 aliphatic heterocycles. The van der Waals surface area contributed by atoms with Gasteiger partial charge in [0.1, 0.15) is 7.05 Å². The summed E-state index contributed by atoms with van der Waals surface area (Å²) in [7, 11) is 2.03. The third-order valence-electron chi connectivity index (χ3n) is 4.49. The summed E-state index contributed by atoms with van der Waals surface area (Å²) in [6, 6.07) is 12.3. The molecule has 1 aromatic carbocycles. The van der Waals surface area contributed by atoms with E-state index in [1.807, 2.05) is 48.3 Å². The SMILES string of the molecule is CCc1cnc(-c2ccccc2)nc1Nc1cc(C2CC2)[nH][n+]1C. The molecule has 3 aromatic rings. The second-order valence-corrected chi connectivity index (χ2v) is 6.34. The quantitative estimate of drug-likeness (QED) is 0.708. The van der Waals surface area contributed by atoms with Crippen molar-refractivity contribution in [1.82, 2.24) is 15.1 Å². The molecule has 2 N–H and O–H groups in total. The Hall–Kier alpha value is -2.69. The molecular weight excluding hydrogens is 298 g/mol. The van der Waals surface area contributed by atoms with Gasteiger partial charge in [0.05, 0.1) is 11.8 Å². The van der Waals surface area contributed by atoms with Gasteiger partial charge < -0.3 is 0 Å². The molecule has 0 unspecified atom stereocenters. The van der Waals surface area contributed by atoms with Crippen molar-refractivity contribution in [3.8, 4) is 11.4 Å². The Bertz CT molecular complexity index is 849. The molecule has 0 saturated heterocycles. The van der Waals surface area contributed by atoms with Gasteiger partial charge in [0.25, 0.3) is 0 Å². The highest BCUT2D eigenvalue weighted by molar-refractivity contribution is 5.61. The smallest absolute Gasteiger partial charge is 0.236 e. The summed E-state index contributed by atoms with van der Waals surface area (Å²) in [5, 5.41) is 6.91. The Kier molecular flexibility index (Phi) is 3.76. The minimum atomic E-state index is 0.697. The van der Waals surface area contributed by atoms with Crippen molar-refractivity contribution in [2.45, 2.75) is 32.1 Å². The molecule has 5 heteroatoms. The van der Waals surface area contributed by atoms with Gasteiger partial charge in [-0.05, 0) is 19.3 Å². The van der Waals surface area contributed by atoms with E-state index in [1.54, 1.807) is 0 Å². The third-order valence-corrected chi connectivity index (χ3v) is 4.49. The summed E-state index contributed by atoms with van der Waals surface area (Å²) >= 11 is 0. The standard InChI is InChI=1S/C19H21N5/c1-3-13-12-20-18(15-7-5-4-6-8-15)22-19(13)21-17-11-16(14-9-10-14)23-24(17)2/h4-8,11-12,14H,3,9-10H2,1-2H3,(H,20,21,22,23)/p+1. The Morgan fingerprint density at radius 2 is 2.04 bits per heavy atom.